The van der Waals surface area contributed by atoms with Gasteiger partial charge in [-0.25, -0.2) is 9.97 Å². The summed E-state index contributed by atoms with van der Waals surface area (Å²) in [4.78, 5) is 10.7. The van der Waals surface area contributed by atoms with E-state index < -0.39 is 0 Å². The van der Waals surface area contributed by atoms with Crippen molar-refractivity contribution < 1.29 is 0 Å². The largest absolute Gasteiger partial charge is 0.309 e. The Bertz CT molecular complexity index is 3820. The standard InChI is InChI=1S/C54H33N5/c1-4-18-34(19-5-1)51-37-24-10-14-28-42(37)55-54(56-51)59-45-31-17-11-25-38(45)47-46(59)33-32-41-48(47)49-39-26-12-15-29-43(39)58(36-22-8-3-9-23-36)53(49)50-40-27-13-16-30-44(40)57(52(41)50)35-20-6-2-7-21-35/h1-33H. The quantitative estimate of drug-likeness (QED) is 0.180. The van der Waals surface area contributed by atoms with Crippen LogP contribution in [0, 0.1) is 0 Å². The molecule has 0 amide bonds. The maximum Gasteiger partial charge on any atom is 0.235 e. The Hall–Kier alpha value is -8.02. The summed E-state index contributed by atoms with van der Waals surface area (Å²) in [5.41, 5.74) is 12.0. The Balaban J connectivity index is 1.30. The fourth-order valence-corrected chi connectivity index (χ4v) is 9.87. The van der Waals surface area contributed by atoms with E-state index in [1.165, 1.54) is 59.8 Å². The lowest BCUT2D eigenvalue weighted by molar-refractivity contribution is 1.01. The molecule has 0 saturated carbocycles. The predicted octanol–water partition coefficient (Wildman–Crippen LogP) is 13.7. The normalized spacial score (nSPS) is 12.1. The van der Waals surface area contributed by atoms with Crippen molar-refractivity contribution >= 4 is 87.1 Å². The SMILES string of the molecule is c1ccc(-c2nc(-n3c4ccccc4c4c5c(ccc43)c3c(c4ccccc4n3-c3ccccc3)c3c5c4ccccc4n3-c3ccccc3)nc3ccccc23)cc1. The molecule has 4 heterocycles. The maximum atomic E-state index is 5.43. The molecule has 59 heavy (non-hydrogen) atoms. The molecular formula is C54H33N5. The van der Waals surface area contributed by atoms with Gasteiger partial charge in [0.25, 0.3) is 0 Å². The van der Waals surface area contributed by atoms with Crippen LogP contribution in [0.2, 0.25) is 0 Å². The van der Waals surface area contributed by atoms with Gasteiger partial charge in [-0.15, -0.1) is 0 Å². The van der Waals surface area contributed by atoms with Crippen molar-refractivity contribution in [2.75, 3.05) is 0 Å². The van der Waals surface area contributed by atoms with Crippen LogP contribution in [0.25, 0.3) is 116 Å². The van der Waals surface area contributed by atoms with Gasteiger partial charge in [-0.3, -0.25) is 4.57 Å². The molecule has 0 atom stereocenters. The van der Waals surface area contributed by atoms with Gasteiger partial charge in [0.1, 0.15) is 0 Å². The average Bonchev–Trinajstić information content (AvgIpc) is 3.96. The average molecular weight is 752 g/mol. The van der Waals surface area contributed by atoms with Crippen LogP contribution in [0.1, 0.15) is 0 Å². The predicted molar refractivity (Wildman–Crippen MR) is 245 cm³/mol. The van der Waals surface area contributed by atoms with Gasteiger partial charge in [-0.2, -0.15) is 0 Å². The second-order valence-electron chi connectivity index (χ2n) is 15.3. The molecule has 0 unspecified atom stereocenters. The van der Waals surface area contributed by atoms with E-state index in [4.69, 9.17) is 9.97 Å². The molecule has 0 aliphatic heterocycles. The highest BCUT2D eigenvalue weighted by Gasteiger charge is 2.27. The highest BCUT2D eigenvalue weighted by Crippen LogP contribution is 2.50. The molecule has 5 heteroatoms. The summed E-state index contributed by atoms with van der Waals surface area (Å²) in [5, 5.41) is 10.7. The molecule has 0 bridgehead atoms. The van der Waals surface area contributed by atoms with Crippen molar-refractivity contribution in [2.45, 2.75) is 0 Å². The van der Waals surface area contributed by atoms with Gasteiger partial charge in [-0.1, -0.05) is 146 Å². The number of nitrogens with zero attached hydrogens (tertiary/aromatic N) is 5. The molecule has 274 valence electrons. The van der Waals surface area contributed by atoms with Gasteiger partial charge in [-0.05, 0) is 54.6 Å². The van der Waals surface area contributed by atoms with E-state index in [0.29, 0.717) is 5.95 Å². The molecular weight excluding hydrogens is 719 g/mol. The number of benzene rings is 9. The first kappa shape index (κ1) is 32.1. The van der Waals surface area contributed by atoms with Crippen LogP contribution in [-0.4, -0.2) is 23.7 Å². The van der Waals surface area contributed by atoms with Crippen LogP contribution in [0.5, 0.6) is 0 Å². The van der Waals surface area contributed by atoms with E-state index in [9.17, 15) is 0 Å². The summed E-state index contributed by atoms with van der Waals surface area (Å²) in [6.45, 7) is 0. The second kappa shape index (κ2) is 12.2. The van der Waals surface area contributed by atoms with E-state index in [0.717, 1.165) is 50.0 Å². The Kier molecular flexibility index (Phi) is 6.66. The van der Waals surface area contributed by atoms with Gasteiger partial charge in [0, 0.05) is 65.4 Å². The van der Waals surface area contributed by atoms with Crippen LogP contribution >= 0.6 is 0 Å². The Morgan fingerprint density at radius 1 is 0.288 bits per heavy atom. The molecule has 0 spiro atoms. The molecule has 9 aromatic carbocycles. The maximum absolute atomic E-state index is 5.43. The Morgan fingerprint density at radius 2 is 0.780 bits per heavy atom. The zero-order valence-corrected chi connectivity index (χ0v) is 31.8. The van der Waals surface area contributed by atoms with E-state index in [1.54, 1.807) is 0 Å². The molecule has 5 nitrogen and oxygen atoms in total. The fourth-order valence-electron chi connectivity index (χ4n) is 9.87. The van der Waals surface area contributed by atoms with Crippen molar-refractivity contribution in [3.05, 3.63) is 200 Å². The first-order valence-corrected chi connectivity index (χ1v) is 20.1. The Labute approximate surface area is 338 Å². The fraction of sp³-hybridized carbons (Fsp3) is 0. The summed E-state index contributed by atoms with van der Waals surface area (Å²) in [5.74, 6) is 0.649. The highest BCUT2D eigenvalue weighted by atomic mass is 15.2. The number of aromatic nitrogens is 5. The summed E-state index contributed by atoms with van der Waals surface area (Å²) < 4.78 is 7.25. The molecule has 4 aromatic heterocycles. The van der Waals surface area contributed by atoms with E-state index in [2.05, 4.69) is 214 Å². The molecule has 0 N–H and O–H groups in total. The molecule has 13 aromatic rings. The third kappa shape index (κ3) is 4.44. The summed E-state index contributed by atoms with van der Waals surface area (Å²) in [7, 11) is 0. The van der Waals surface area contributed by atoms with Crippen molar-refractivity contribution in [2.24, 2.45) is 0 Å². The minimum absolute atomic E-state index is 0.649. The first-order valence-electron chi connectivity index (χ1n) is 20.1. The van der Waals surface area contributed by atoms with Gasteiger partial charge >= 0.3 is 0 Å². The van der Waals surface area contributed by atoms with Gasteiger partial charge in [0.2, 0.25) is 5.95 Å². The molecule has 0 saturated heterocycles. The summed E-state index contributed by atoms with van der Waals surface area (Å²) in [6.07, 6.45) is 0. The Morgan fingerprint density at radius 3 is 1.42 bits per heavy atom. The molecule has 0 aliphatic rings. The smallest absolute Gasteiger partial charge is 0.235 e. The van der Waals surface area contributed by atoms with E-state index in [1.807, 2.05) is 0 Å². The third-order valence-electron chi connectivity index (χ3n) is 12.2. The zero-order chi connectivity index (χ0) is 38.6. The first-order chi connectivity index (χ1) is 29.3. The summed E-state index contributed by atoms with van der Waals surface area (Å²) in [6, 6.07) is 71.7. The number of rotatable bonds is 4. The number of fused-ring (bicyclic) bond motifs is 15. The van der Waals surface area contributed by atoms with Crippen molar-refractivity contribution in [1.82, 2.24) is 23.7 Å². The lowest BCUT2D eigenvalue weighted by atomic mass is 9.95. The molecule has 0 aliphatic carbocycles. The lowest BCUT2D eigenvalue weighted by Crippen LogP contribution is -2.03. The van der Waals surface area contributed by atoms with Crippen LogP contribution in [0.15, 0.2) is 200 Å². The highest BCUT2D eigenvalue weighted by molar-refractivity contribution is 6.42. The second-order valence-corrected chi connectivity index (χ2v) is 15.3. The molecule has 0 radical (unpaired) electrons. The van der Waals surface area contributed by atoms with E-state index in [-0.39, 0.29) is 0 Å². The van der Waals surface area contributed by atoms with Crippen molar-refractivity contribution in [1.29, 1.82) is 0 Å². The van der Waals surface area contributed by atoms with Crippen LogP contribution in [-0.2, 0) is 0 Å². The third-order valence-corrected chi connectivity index (χ3v) is 12.2. The number of para-hydroxylation sites is 6. The van der Waals surface area contributed by atoms with E-state index >= 15 is 0 Å². The van der Waals surface area contributed by atoms with Gasteiger partial charge in [0.15, 0.2) is 0 Å². The lowest BCUT2D eigenvalue weighted by Gasteiger charge is -2.14. The molecule has 0 fully saturated rings. The summed E-state index contributed by atoms with van der Waals surface area (Å²) >= 11 is 0. The molecule has 13 rings (SSSR count). The minimum Gasteiger partial charge on any atom is -0.309 e. The number of hydrogen-bond acceptors (Lipinski definition) is 2. The van der Waals surface area contributed by atoms with Crippen LogP contribution in [0.4, 0.5) is 0 Å². The van der Waals surface area contributed by atoms with Crippen molar-refractivity contribution in [3.8, 4) is 28.6 Å². The zero-order valence-electron chi connectivity index (χ0n) is 31.8. The number of hydrogen-bond donors (Lipinski definition) is 0. The van der Waals surface area contributed by atoms with Gasteiger partial charge < -0.3 is 9.13 Å². The minimum atomic E-state index is 0.649. The topological polar surface area (TPSA) is 40.6 Å². The van der Waals surface area contributed by atoms with Crippen molar-refractivity contribution in [3.63, 3.8) is 0 Å². The van der Waals surface area contributed by atoms with Crippen LogP contribution < -0.4 is 0 Å². The monoisotopic (exact) mass is 751 g/mol. The van der Waals surface area contributed by atoms with Gasteiger partial charge in [0.05, 0.1) is 44.3 Å². The van der Waals surface area contributed by atoms with Crippen LogP contribution in [0.3, 0.4) is 0 Å².